The molecule has 1 unspecified atom stereocenters. The van der Waals surface area contributed by atoms with Crippen LogP contribution in [0.25, 0.3) is 0 Å². The summed E-state index contributed by atoms with van der Waals surface area (Å²) in [4.78, 5) is 0. The van der Waals surface area contributed by atoms with Gasteiger partial charge in [0.15, 0.2) is 0 Å². The summed E-state index contributed by atoms with van der Waals surface area (Å²) in [5.74, 6) is 1.51. The lowest BCUT2D eigenvalue weighted by molar-refractivity contribution is 0.0842. The van der Waals surface area contributed by atoms with Crippen LogP contribution < -0.4 is 10.1 Å². The summed E-state index contributed by atoms with van der Waals surface area (Å²) in [5, 5.41) is 3.22. The zero-order chi connectivity index (χ0) is 13.8. The number of hydrogen-bond donors (Lipinski definition) is 1. The maximum absolute atomic E-state index is 6.30. The smallest absolute Gasteiger partial charge is 0.123 e. The van der Waals surface area contributed by atoms with Crippen molar-refractivity contribution in [3.63, 3.8) is 0 Å². The van der Waals surface area contributed by atoms with Gasteiger partial charge in [-0.1, -0.05) is 32.9 Å². The minimum absolute atomic E-state index is 0.147. The first-order chi connectivity index (χ1) is 8.41. The molecule has 1 atom stereocenters. The van der Waals surface area contributed by atoms with Crippen molar-refractivity contribution in [1.29, 1.82) is 0 Å². The highest BCUT2D eigenvalue weighted by molar-refractivity contribution is 5.39. The summed E-state index contributed by atoms with van der Waals surface area (Å²) in [6.07, 6.45) is 0.985. The summed E-state index contributed by atoms with van der Waals surface area (Å²) < 4.78 is 6.30. The van der Waals surface area contributed by atoms with Crippen molar-refractivity contribution in [3.05, 3.63) is 29.3 Å². The Hall–Kier alpha value is -1.02. The first kappa shape index (κ1) is 15.0. The van der Waals surface area contributed by atoms with E-state index >= 15 is 0 Å². The normalized spacial score (nSPS) is 14.6. The molecule has 2 nitrogen and oxygen atoms in total. The molecule has 1 aromatic carbocycles. The third kappa shape index (κ3) is 3.74. The second-order valence-corrected chi connectivity index (χ2v) is 5.63. The van der Waals surface area contributed by atoms with Crippen molar-refractivity contribution in [2.24, 2.45) is 0 Å². The van der Waals surface area contributed by atoms with Gasteiger partial charge in [-0.2, -0.15) is 0 Å². The van der Waals surface area contributed by atoms with Gasteiger partial charge in [0.25, 0.3) is 0 Å². The standard InChI is InChI=1S/C16H27NO/c1-7-16(5,11-17-6)18-15-10-13(4)8-9-14(15)12(2)3/h8-10,12,17H,7,11H2,1-6H3. The fourth-order valence-corrected chi connectivity index (χ4v) is 2.08. The largest absolute Gasteiger partial charge is 0.486 e. The molecule has 0 aliphatic heterocycles. The summed E-state index contributed by atoms with van der Waals surface area (Å²) in [6, 6.07) is 6.49. The van der Waals surface area contributed by atoms with E-state index in [2.05, 4.69) is 58.1 Å². The SMILES string of the molecule is CCC(C)(CNC)Oc1cc(C)ccc1C(C)C. The first-order valence-corrected chi connectivity index (χ1v) is 6.86. The van der Waals surface area contributed by atoms with Gasteiger partial charge in [0.05, 0.1) is 0 Å². The van der Waals surface area contributed by atoms with E-state index in [1.54, 1.807) is 0 Å². The Morgan fingerprint density at radius 2 is 2.00 bits per heavy atom. The van der Waals surface area contributed by atoms with Gasteiger partial charge in [-0.25, -0.2) is 0 Å². The Labute approximate surface area is 112 Å². The van der Waals surface area contributed by atoms with E-state index in [0.29, 0.717) is 5.92 Å². The average Bonchev–Trinajstić information content (AvgIpc) is 2.29. The van der Waals surface area contributed by atoms with Crippen molar-refractivity contribution in [2.45, 2.75) is 52.6 Å². The van der Waals surface area contributed by atoms with E-state index < -0.39 is 0 Å². The van der Waals surface area contributed by atoms with Crippen molar-refractivity contribution >= 4 is 0 Å². The molecule has 0 aromatic heterocycles. The van der Waals surface area contributed by atoms with E-state index in [4.69, 9.17) is 4.74 Å². The third-order valence-electron chi connectivity index (χ3n) is 3.45. The summed E-state index contributed by atoms with van der Waals surface area (Å²) in [7, 11) is 1.97. The van der Waals surface area contributed by atoms with Crippen LogP contribution in [0.2, 0.25) is 0 Å². The molecule has 102 valence electrons. The molecular weight excluding hydrogens is 222 g/mol. The Bertz CT molecular complexity index is 387. The third-order valence-corrected chi connectivity index (χ3v) is 3.45. The molecule has 1 rings (SSSR count). The van der Waals surface area contributed by atoms with Crippen LogP contribution in [0, 0.1) is 6.92 Å². The minimum Gasteiger partial charge on any atom is -0.486 e. The first-order valence-electron chi connectivity index (χ1n) is 6.86. The molecular formula is C16H27NO. The molecule has 2 heteroatoms. The van der Waals surface area contributed by atoms with Gasteiger partial charge in [0, 0.05) is 6.54 Å². The van der Waals surface area contributed by atoms with Crippen LogP contribution in [0.15, 0.2) is 18.2 Å². The second-order valence-electron chi connectivity index (χ2n) is 5.63. The molecule has 0 bridgehead atoms. The van der Waals surface area contributed by atoms with Crippen LogP contribution in [0.1, 0.15) is 51.2 Å². The van der Waals surface area contributed by atoms with E-state index in [1.165, 1.54) is 11.1 Å². The van der Waals surface area contributed by atoms with Crippen LogP contribution in [0.5, 0.6) is 5.75 Å². The molecule has 0 saturated heterocycles. The molecule has 18 heavy (non-hydrogen) atoms. The van der Waals surface area contributed by atoms with E-state index in [9.17, 15) is 0 Å². The monoisotopic (exact) mass is 249 g/mol. The second kappa shape index (κ2) is 6.24. The molecule has 0 aliphatic carbocycles. The fourth-order valence-electron chi connectivity index (χ4n) is 2.08. The van der Waals surface area contributed by atoms with Crippen molar-refractivity contribution in [1.82, 2.24) is 5.32 Å². The number of hydrogen-bond acceptors (Lipinski definition) is 2. The maximum atomic E-state index is 6.30. The lowest BCUT2D eigenvalue weighted by atomic mass is 9.99. The van der Waals surface area contributed by atoms with E-state index in [1.807, 2.05) is 7.05 Å². The molecule has 0 heterocycles. The summed E-state index contributed by atoms with van der Waals surface area (Å²) >= 11 is 0. The lowest BCUT2D eigenvalue weighted by Gasteiger charge is -2.31. The van der Waals surface area contributed by atoms with Crippen LogP contribution in [0.3, 0.4) is 0 Å². The van der Waals surface area contributed by atoms with Crippen molar-refractivity contribution in [2.75, 3.05) is 13.6 Å². The van der Waals surface area contributed by atoms with Gasteiger partial charge in [-0.05, 0) is 50.4 Å². The number of likely N-dealkylation sites (N-methyl/N-ethyl adjacent to an activating group) is 1. The highest BCUT2D eigenvalue weighted by Crippen LogP contribution is 2.31. The molecule has 0 radical (unpaired) electrons. The Balaban J connectivity index is 3.04. The number of ether oxygens (including phenoxy) is 1. The lowest BCUT2D eigenvalue weighted by Crippen LogP contribution is -2.41. The molecule has 0 aliphatic rings. The highest BCUT2D eigenvalue weighted by atomic mass is 16.5. The topological polar surface area (TPSA) is 21.3 Å². The maximum Gasteiger partial charge on any atom is 0.123 e. The molecule has 1 N–H and O–H groups in total. The summed E-state index contributed by atoms with van der Waals surface area (Å²) in [5.41, 5.74) is 2.39. The van der Waals surface area contributed by atoms with Gasteiger partial charge in [0.1, 0.15) is 11.4 Å². The average molecular weight is 249 g/mol. The van der Waals surface area contributed by atoms with Crippen LogP contribution in [-0.4, -0.2) is 19.2 Å². The van der Waals surface area contributed by atoms with Gasteiger partial charge < -0.3 is 10.1 Å². The number of nitrogens with one attached hydrogen (secondary N) is 1. The van der Waals surface area contributed by atoms with Gasteiger partial charge in [0.2, 0.25) is 0 Å². The van der Waals surface area contributed by atoms with Crippen molar-refractivity contribution in [3.8, 4) is 5.75 Å². The predicted molar refractivity (Wildman–Crippen MR) is 78.5 cm³/mol. The predicted octanol–water partition coefficient (Wildman–Crippen LogP) is 3.89. The van der Waals surface area contributed by atoms with Crippen molar-refractivity contribution < 1.29 is 4.74 Å². The van der Waals surface area contributed by atoms with Crippen LogP contribution in [0.4, 0.5) is 0 Å². The van der Waals surface area contributed by atoms with Crippen LogP contribution in [-0.2, 0) is 0 Å². The van der Waals surface area contributed by atoms with E-state index in [0.717, 1.165) is 18.7 Å². The van der Waals surface area contributed by atoms with Gasteiger partial charge in [-0.3, -0.25) is 0 Å². The zero-order valence-electron chi connectivity index (χ0n) is 12.6. The zero-order valence-corrected chi connectivity index (χ0v) is 12.6. The van der Waals surface area contributed by atoms with Gasteiger partial charge >= 0.3 is 0 Å². The number of rotatable bonds is 6. The fraction of sp³-hybridized carbons (Fsp3) is 0.625. The molecule has 0 saturated carbocycles. The van der Waals surface area contributed by atoms with Crippen LogP contribution >= 0.6 is 0 Å². The Morgan fingerprint density at radius 3 is 2.50 bits per heavy atom. The number of aryl methyl sites for hydroxylation is 1. The Morgan fingerprint density at radius 1 is 1.33 bits per heavy atom. The molecule has 0 fully saturated rings. The molecule has 0 amide bonds. The minimum atomic E-state index is -0.147. The molecule has 0 spiro atoms. The van der Waals surface area contributed by atoms with Gasteiger partial charge in [-0.15, -0.1) is 0 Å². The highest BCUT2D eigenvalue weighted by Gasteiger charge is 2.24. The Kier molecular flexibility index (Phi) is 5.21. The molecule has 1 aromatic rings. The quantitative estimate of drug-likeness (QED) is 0.826. The number of benzene rings is 1. The summed E-state index contributed by atoms with van der Waals surface area (Å²) in [6.45, 7) is 11.7. The van der Waals surface area contributed by atoms with E-state index in [-0.39, 0.29) is 5.60 Å².